The highest BCUT2D eigenvalue weighted by atomic mass is 32.1. The van der Waals surface area contributed by atoms with E-state index in [1.54, 1.807) is 4.90 Å². The van der Waals surface area contributed by atoms with Crippen molar-refractivity contribution in [3.8, 4) is 0 Å². The van der Waals surface area contributed by atoms with Crippen molar-refractivity contribution in [2.75, 3.05) is 18.4 Å². The van der Waals surface area contributed by atoms with E-state index in [4.69, 9.17) is 5.11 Å². The van der Waals surface area contributed by atoms with Crippen molar-refractivity contribution in [1.82, 2.24) is 9.88 Å². The average molecular weight is 373 g/mol. The van der Waals surface area contributed by atoms with Gasteiger partial charge in [-0.05, 0) is 24.6 Å². The number of nitrogens with one attached hydrogen (secondary N) is 1. The molecule has 0 spiro atoms. The fourth-order valence-corrected chi connectivity index (χ4v) is 4.95. The number of benzene rings is 1. The van der Waals surface area contributed by atoms with Gasteiger partial charge in [0.05, 0.1) is 15.5 Å². The Morgan fingerprint density at radius 3 is 2.72 bits per heavy atom. The van der Waals surface area contributed by atoms with Gasteiger partial charge in [-0.15, -0.1) is 11.3 Å². The van der Waals surface area contributed by atoms with Gasteiger partial charge in [-0.3, -0.25) is 9.59 Å². The number of hydrogen-bond acceptors (Lipinski definition) is 6. The zero-order valence-corrected chi connectivity index (χ0v) is 14.8. The van der Waals surface area contributed by atoms with Gasteiger partial charge in [0.15, 0.2) is 5.13 Å². The van der Waals surface area contributed by atoms with Crippen LogP contribution in [0.15, 0.2) is 36.4 Å². The summed E-state index contributed by atoms with van der Waals surface area (Å²) in [4.78, 5) is 31.2. The smallest absolute Gasteiger partial charge is 0.308 e. The molecule has 1 atom stereocenters. The molecule has 8 heteroatoms. The van der Waals surface area contributed by atoms with Gasteiger partial charge in [0.1, 0.15) is 4.83 Å². The summed E-state index contributed by atoms with van der Waals surface area (Å²) >= 11 is 2.86. The molecule has 2 aromatic heterocycles. The van der Waals surface area contributed by atoms with Gasteiger partial charge < -0.3 is 15.3 Å². The quantitative estimate of drug-likeness (QED) is 0.729. The predicted octanol–water partition coefficient (Wildman–Crippen LogP) is 3.65. The number of aromatic nitrogens is 1. The standard InChI is InChI=1S/C17H15N3O3S2/c21-15(20-7-6-10(9-20)16(22)23)13-8-12-14(24-13)19-17(25-12)18-11-4-2-1-3-5-11/h1-5,8,10H,6-7,9H2,(H,18,19)(H,22,23)/t10-/m0/s1. The van der Waals surface area contributed by atoms with Crippen LogP contribution in [0.3, 0.4) is 0 Å². The summed E-state index contributed by atoms with van der Waals surface area (Å²) in [6.07, 6.45) is 0.518. The van der Waals surface area contributed by atoms with Gasteiger partial charge in [0.25, 0.3) is 5.91 Å². The number of hydrogen-bond donors (Lipinski definition) is 2. The number of thiazole rings is 1. The summed E-state index contributed by atoms with van der Waals surface area (Å²) in [6.45, 7) is 0.781. The number of carboxylic acids is 1. The van der Waals surface area contributed by atoms with E-state index < -0.39 is 11.9 Å². The first kappa shape index (κ1) is 16.0. The van der Waals surface area contributed by atoms with Crippen LogP contribution < -0.4 is 5.32 Å². The number of aliphatic carboxylic acids is 1. The number of carbonyl (C=O) groups excluding carboxylic acids is 1. The molecule has 128 valence electrons. The molecule has 1 aromatic carbocycles. The maximum absolute atomic E-state index is 12.6. The van der Waals surface area contributed by atoms with E-state index in [0.29, 0.717) is 17.8 Å². The van der Waals surface area contributed by atoms with Crippen molar-refractivity contribution in [2.45, 2.75) is 6.42 Å². The highest BCUT2D eigenvalue weighted by Crippen LogP contribution is 2.35. The number of amides is 1. The number of thiophene rings is 1. The molecule has 0 radical (unpaired) electrons. The third-order valence-electron chi connectivity index (χ3n) is 4.15. The number of likely N-dealkylation sites (tertiary alicyclic amines) is 1. The number of rotatable bonds is 4. The third-order valence-corrected chi connectivity index (χ3v) is 6.21. The molecule has 1 saturated heterocycles. The second kappa shape index (κ2) is 6.45. The van der Waals surface area contributed by atoms with Crippen LogP contribution in [0.2, 0.25) is 0 Å². The zero-order chi connectivity index (χ0) is 17.4. The SMILES string of the molecule is O=C(O)[C@H]1CCN(C(=O)c2cc3sc(Nc4ccccc4)nc3s2)C1. The molecular weight excluding hydrogens is 358 g/mol. The summed E-state index contributed by atoms with van der Waals surface area (Å²) in [6, 6.07) is 11.7. The Morgan fingerprint density at radius 2 is 2.04 bits per heavy atom. The fourth-order valence-electron chi connectivity index (χ4n) is 2.84. The summed E-state index contributed by atoms with van der Waals surface area (Å²) in [7, 11) is 0. The minimum atomic E-state index is -0.833. The monoisotopic (exact) mass is 373 g/mol. The van der Waals surface area contributed by atoms with Crippen LogP contribution in [-0.4, -0.2) is 40.0 Å². The first-order valence-electron chi connectivity index (χ1n) is 7.84. The molecule has 4 rings (SSSR count). The van der Waals surface area contributed by atoms with Crippen molar-refractivity contribution in [3.63, 3.8) is 0 Å². The molecule has 1 aliphatic heterocycles. The molecule has 6 nitrogen and oxygen atoms in total. The summed E-state index contributed by atoms with van der Waals surface area (Å²) in [5.74, 6) is -1.39. The maximum Gasteiger partial charge on any atom is 0.308 e. The van der Waals surface area contributed by atoms with Crippen LogP contribution in [0.25, 0.3) is 9.53 Å². The maximum atomic E-state index is 12.6. The average Bonchev–Trinajstić information content (AvgIpc) is 3.29. The van der Waals surface area contributed by atoms with Crippen LogP contribution in [0.4, 0.5) is 10.8 Å². The van der Waals surface area contributed by atoms with E-state index in [-0.39, 0.29) is 12.5 Å². The first-order chi connectivity index (χ1) is 12.1. The highest BCUT2D eigenvalue weighted by Gasteiger charge is 2.32. The van der Waals surface area contributed by atoms with Crippen molar-refractivity contribution >= 4 is 54.9 Å². The Balaban J connectivity index is 1.50. The second-order valence-corrected chi connectivity index (χ2v) is 7.93. The van der Waals surface area contributed by atoms with Crippen LogP contribution in [-0.2, 0) is 4.79 Å². The van der Waals surface area contributed by atoms with Crippen LogP contribution in [0, 0.1) is 5.92 Å². The number of carbonyl (C=O) groups is 2. The van der Waals surface area contributed by atoms with Crippen molar-refractivity contribution < 1.29 is 14.7 Å². The largest absolute Gasteiger partial charge is 0.481 e. The Bertz CT molecular complexity index is 904. The lowest BCUT2D eigenvalue weighted by atomic mass is 10.1. The summed E-state index contributed by atoms with van der Waals surface area (Å²) < 4.78 is 0.959. The lowest BCUT2D eigenvalue weighted by molar-refractivity contribution is -0.141. The van der Waals surface area contributed by atoms with E-state index in [9.17, 15) is 9.59 Å². The van der Waals surface area contributed by atoms with Crippen LogP contribution in [0.1, 0.15) is 16.1 Å². The Labute approximate surface area is 151 Å². The minimum Gasteiger partial charge on any atom is -0.481 e. The number of anilines is 2. The molecule has 0 bridgehead atoms. The zero-order valence-electron chi connectivity index (χ0n) is 13.1. The lowest BCUT2D eigenvalue weighted by Gasteiger charge is -2.14. The number of para-hydroxylation sites is 1. The Hall–Kier alpha value is -2.45. The van der Waals surface area contributed by atoms with Gasteiger partial charge in [0.2, 0.25) is 0 Å². The van der Waals surface area contributed by atoms with E-state index in [2.05, 4.69) is 10.3 Å². The summed E-state index contributed by atoms with van der Waals surface area (Å²) in [5.41, 5.74) is 0.969. The number of nitrogens with zero attached hydrogens (tertiary/aromatic N) is 2. The molecule has 1 fully saturated rings. The molecule has 1 aliphatic rings. The van der Waals surface area contributed by atoms with E-state index in [0.717, 1.165) is 20.3 Å². The molecule has 0 aliphatic carbocycles. The van der Waals surface area contributed by atoms with Crippen molar-refractivity contribution in [3.05, 3.63) is 41.3 Å². The van der Waals surface area contributed by atoms with E-state index >= 15 is 0 Å². The van der Waals surface area contributed by atoms with Gasteiger partial charge in [0, 0.05) is 18.8 Å². The number of carboxylic acid groups (broad SMARTS) is 1. The third kappa shape index (κ3) is 3.22. The normalized spacial score (nSPS) is 17.1. The van der Waals surface area contributed by atoms with Gasteiger partial charge in [-0.25, -0.2) is 4.98 Å². The fraction of sp³-hybridized carbons (Fsp3) is 0.235. The Morgan fingerprint density at radius 1 is 1.24 bits per heavy atom. The van der Waals surface area contributed by atoms with Gasteiger partial charge in [-0.2, -0.15) is 0 Å². The molecule has 1 amide bonds. The number of fused-ring (bicyclic) bond motifs is 1. The molecule has 2 N–H and O–H groups in total. The Kier molecular flexibility index (Phi) is 4.14. The molecule has 3 aromatic rings. The molecule has 3 heterocycles. The predicted molar refractivity (Wildman–Crippen MR) is 98.9 cm³/mol. The highest BCUT2D eigenvalue weighted by molar-refractivity contribution is 7.29. The van der Waals surface area contributed by atoms with Crippen LogP contribution >= 0.6 is 22.7 Å². The second-order valence-electron chi connectivity index (χ2n) is 5.87. The van der Waals surface area contributed by atoms with E-state index in [1.165, 1.54) is 22.7 Å². The minimum absolute atomic E-state index is 0.100. The van der Waals surface area contributed by atoms with Crippen molar-refractivity contribution in [1.29, 1.82) is 0 Å². The molecule has 0 unspecified atom stereocenters. The van der Waals surface area contributed by atoms with Gasteiger partial charge in [-0.1, -0.05) is 29.5 Å². The van der Waals surface area contributed by atoms with Crippen molar-refractivity contribution in [2.24, 2.45) is 5.92 Å². The van der Waals surface area contributed by atoms with E-state index in [1.807, 2.05) is 36.4 Å². The first-order valence-corrected chi connectivity index (χ1v) is 9.48. The summed E-state index contributed by atoms with van der Waals surface area (Å²) in [5, 5.41) is 13.1. The molecule has 0 saturated carbocycles. The van der Waals surface area contributed by atoms with Gasteiger partial charge >= 0.3 is 5.97 Å². The lowest BCUT2D eigenvalue weighted by Crippen LogP contribution is -2.29. The molecular formula is C17H15N3O3S2. The molecule has 25 heavy (non-hydrogen) atoms. The van der Waals surface area contributed by atoms with Crippen LogP contribution in [0.5, 0.6) is 0 Å². The topological polar surface area (TPSA) is 82.5 Å².